The van der Waals surface area contributed by atoms with Gasteiger partial charge in [-0.15, -0.1) is 0 Å². The van der Waals surface area contributed by atoms with Crippen molar-refractivity contribution in [2.45, 2.75) is 26.2 Å². The lowest BCUT2D eigenvalue weighted by Gasteiger charge is -2.09. The number of rotatable bonds is 4. The zero-order valence-electron chi connectivity index (χ0n) is 9.00. The maximum atomic E-state index is 11.3. The topological polar surface area (TPSA) is 26.3 Å². The van der Waals surface area contributed by atoms with Crippen molar-refractivity contribution in [2.24, 2.45) is 0 Å². The van der Waals surface area contributed by atoms with Crippen LogP contribution in [0.2, 0.25) is 0 Å². The molecule has 1 aromatic rings. The maximum absolute atomic E-state index is 11.3. The first-order chi connectivity index (χ1) is 7.19. The lowest BCUT2D eigenvalue weighted by molar-refractivity contribution is 0.0584. The first-order valence-electron chi connectivity index (χ1n) is 5.02. The largest absolute Gasteiger partial charge is 0.450 e. The zero-order valence-corrected chi connectivity index (χ0v) is 10.6. The van der Waals surface area contributed by atoms with E-state index in [0.717, 1.165) is 6.42 Å². The molecule has 1 atom stereocenters. The number of ether oxygens (including phenoxy) is 1. The van der Waals surface area contributed by atoms with Crippen molar-refractivity contribution in [1.29, 1.82) is 0 Å². The van der Waals surface area contributed by atoms with Gasteiger partial charge in [0.15, 0.2) is 0 Å². The van der Waals surface area contributed by atoms with Crippen molar-refractivity contribution in [3.05, 3.63) is 35.4 Å². The molecule has 0 amide bonds. The fourth-order valence-electron chi connectivity index (χ4n) is 1.32. The Morgan fingerprint density at radius 2 is 2.00 bits per heavy atom. The molecule has 0 bridgehead atoms. The highest BCUT2D eigenvalue weighted by Crippen LogP contribution is 2.19. The molecule has 0 aliphatic rings. The first kappa shape index (κ1) is 12.2. The van der Waals surface area contributed by atoms with Crippen LogP contribution >= 0.6 is 15.9 Å². The van der Waals surface area contributed by atoms with Gasteiger partial charge in [-0.05, 0) is 46.0 Å². The van der Waals surface area contributed by atoms with Crippen LogP contribution < -0.4 is 0 Å². The predicted molar refractivity (Wildman–Crippen MR) is 64.4 cm³/mol. The van der Waals surface area contributed by atoms with Gasteiger partial charge in [-0.2, -0.15) is 0 Å². The summed E-state index contributed by atoms with van der Waals surface area (Å²) in [5.74, 6) is 0.244. The average Bonchev–Trinajstić information content (AvgIpc) is 2.28. The molecule has 0 fully saturated rings. The number of hydrogen-bond acceptors (Lipinski definition) is 2. The number of carbonyl (C=O) groups excluding carboxylic acids is 1. The Bertz CT molecular complexity index is 319. The summed E-state index contributed by atoms with van der Waals surface area (Å²) in [5.41, 5.74) is 2.09. The van der Waals surface area contributed by atoms with Crippen LogP contribution in [0.15, 0.2) is 24.3 Å². The van der Waals surface area contributed by atoms with E-state index in [0.29, 0.717) is 11.5 Å². The summed E-state index contributed by atoms with van der Waals surface area (Å²) >= 11 is 3.05. The average molecular weight is 271 g/mol. The summed E-state index contributed by atoms with van der Waals surface area (Å²) in [7, 11) is 0. The minimum Gasteiger partial charge on any atom is -0.450 e. The maximum Gasteiger partial charge on any atom is 0.338 e. The van der Waals surface area contributed by atoms with Gasteiger partial charge in [-0.3, -0.25) is 0 Å². The van der Waals surface area contributed by atoms with Gasteiger partial charge in [-0.25, -0.2) is 4.79 Å². The van der Waals surface area contributed by atoms with Gasteiger partial charge in [-0.1, -0.05) is 26.0 Å². The second-order valence-electron chi connectivity index (χ2n) is 3.47. The van der Waals surface area contributed by atoms with Gasteiger partial charge in [0.25, 0.3) is 0 Å². The van der Waals surface area contributed by atoms with Gasteiger partial charge in [0, 0.05) is 0 Å². The third-order valence-corrected chi connectivity index (χ3v) is 2.74. The van der Waals surface area contributed by atoms with E-state index in [1.165, 1.54) is 5.56 Å². The summed E-state index contributed by atoms with van der Waals surface area (Å²) in [5, 5.41) is 0. The van der Waals surface area contributed by atoms with Crippen molar-refractivity contribution >= 4 is 21.9 Å². The Kier molecular flexibility index (Phi) is 4.82. The van der Waals surface area contributed by atoms with Crippen LogP contribution in [0.3, 0.4) is 0 Å². The highest BCUT2D eigenvalue weighted by atomic mass is 79.9. The van der Waals surface area contributed by atoms with Crippen molar-refractivity contribution in [1.82, 2.24) is 0 Å². The van der Waals surface area contributed by atoms with Crippen LogP contribution in [0, 0.1) is 0 Å². The smallest absolute Gasteiger partial charge is 0.338 e. The van der Waals surface area contributed by atoms with E-state index >= 15 is 0 Å². The molecule has 0 spiro atoms. The molecule has 0 saturated heterocycles. The molecule has 0 N–H and O–H groups in total. The van der Waals surface area contributed by atoms with E-state index in [1.807, 2.05) is 24.3 Å². The molecule has 1 aromatic carbocycles. The second kappa shape index (κ2) is 5.91. The molecule has 0 aromatic heterocycles. The molecule has 0 aliphatic carbocycles. The lowest BCUT2D eigenvalue weighted by Crippen LogP contribution is -2.03. The van der Waals surface area contributed by atoms with Crippen LogP contribution in [0.5, 0.6) is 0 Å². The zero-order chi connectivity index (χ0) is 11.3. The third kappa shape index (κ3) is 3.34. The minimum atomic E-state index is -0.289. The quantitative estimate of drug-likeness (QED) is 0.616. The lowest BCUT2D eigenvalue weighted by atomic mass is 9.98. The van der Waals surface area contributed by atoms with Crippen molar-refractivity contribution in [2.75, 3.05) is 5.52 Å². The van der Waals surface area contributed by atoms with E-state index in [2.05, 4.69) is 29.8 Å². The standard InChI is InChI=1S/C12H15BrO2/c1-3-9(2)10-4-6-11(7-5-10)12(14)15-8-13/h4-7,9H,3,8H2,1-2H3. The number of carbonyl (C=O) groups is 1. The SMILES string of the molecule is CCC(C)c1ccc(C(=O)OCBr)cc1. The van der Waals surface area contributed by atoms with E-state index in [1.54, 1.807) is 0 Å². The Balaban J connectivity index is 2.76. The highest BCUT2D eigenvalue weighted by molar-refractivity contribution is 9.09. The van der Waals surface area contributed by atoms with Crippen LogP contribution in [-0.4, -0.2) is 11.5 Å². The van der Waals surface area contributed by atoms with Crippen LogP contribution in [0.25, 0.3) is 0 Å². The summed E-state index contributed by atoms with van der Waals surface area (Å²) in [6.07, 6.45) is 1.10. The molecule has 0 heterocycles. The molecule has 1 unspecified atom stereocenters. The summed E-state index contributed by atoms with van der Waals surface area (Å²) in [6.45, 7) is 4.32. The Labute approximate surface area is 98.8 Å². The second-order valence-corrected chi connectivity index (χ2v) is 3.93. The van der Waals surface area contributed by atoms with E-state index < -0.39 is 0 Å². The molecule has 3 heteroatoms. The molecule has 1 rings (SSSR count). The van der Waals surface area contributed by atoms with E-state index in [9.17, 15) is 4.79 Å². The molecule has 82 valence electrons. The number of alkyl halides is 1. The minimum absolute atomic E-state index is 0.235. The molecular formula is C12H15BrO2. The molecular weight excluding hydrogens is 256 g/mol. The monoisotopic (exact) mass is 270 g/mol. The first-order valence-corrected chi connectivity index (χ1v) is 6.14. The molecule has 15 heavy (non-hydrogen) atoms. The van der Waals surface area contributed by atoms with Gasteiger partial charge < -0.3 is 4.74 Å². The third-order valence-electron chi connectivity index (χ3n) is 2.51. The normalized spacial score (nSPS) is 12.2. The van der Waals surface area contributed by atoms with Gasteiger partial charge in [0.1, 0.15) is 5.52 Å². The van der Waals surface area contributed by atoms with Gasteiger partial charge >= 0.3 is 5.97 Å². The van der Waals surface area contributed by atoms with Crippen molar-refractivity contribution in [3.63, 3.8) is 0 Å². The van der Waals surface area contributed by atoms with Crippen molar-refractivity contribution in [3.8, 4) is 0 Å². The number of benzene rings is 1. The highest BCUT2D eigenvalue weighted by Gasteiger charge is 2.07. The van der Waals surface area contributed by atoms with Gasteiger partial charge in [0.2, 0.25) is 0 Å². The number of halogens is 1. The Morgan fingerprint density at radius 1 is 1.40 bits per heavy atom. The van der Waals surface area contributed by atoms with Gasteiger partial charge in [0.05, 0.1) is 5.56 Å². The fourth-order valence-corrected chi connectivity index (χ4v) is 1.52. The van der Waals surface area contributed by atoms with E-state index in [-0.39, 0.29) is 11.5 Å². The number of hydrogen-bond donors (Lipinski definition) is 0. The summed E-state index contributed by atoms with van der Waals surface area (Å²) in [6, 6.07) is 7.59. The number of esters is 1. The molecule has 0 aliphatic heterocycles. The van der Waals surface area contributed by atoms with Crippen LogP contribution in [-0.2, 0) is 4.74 Å². The predicted octanol–water partition coefficient (Wildman–Crippen LogP) is 3.71. The van der Waals surface area contributed by atoms with E-state index in [4.69, 9.17) is 4.74 Å². The molecule has 2 nitrogen and oxygen atoms in total. The fraction of sp³-hybridized carbons (Fsp3) is 0.417. The Hall–Kier alpha value is -0.830. The molecule has 0 radical (unpaired) electrons. The van der Waals surface area contributed by atoms with Crippen LogP contribution in [0.1, 0.15) is 42.1 Å². The summed E-state index contributed by atoms with van der Waals surface area (Å²) in [4.78, 5) is 11.3. The molecule has 0 saturated carbocycles. The summed E-state index contributed by atoms with van der Waals surface area (Å²) < 4.78 is 4.83. The van der Waals surface area contributed by atoms with Crippen molar-refractivity contribution < 1.29 is 9.53 Å². The van der Waals surface area contributed by atoms with Crippen LogP contribution in [0.4, 0.5) is 0 Å². The Morgan fingerprint density at radius 3 is 2.47 bits per heavy atom.